The van der Waals surface area contributed by atoms with Gasteiger partial charge in [-0.2, -0.15) is 0 Å². The van der Waals surface area contributed by atoms with Crippen molar-refractivity contribution in [1.29, 1.82) is 0 Å². The average Bonchev–Trinajstić information content (AvgIpc) is 2.19. The molecule has 72 valence electrons. The molecule has 0 bridgehead atoms. The van der Waals surface area contributed by atoms with Crippen molar-refractivity contribution in [2.45, 2.75) is 12.0 Å². The third-order valence-electron chi connectivity index (χ3n) is 2.42. The van der Waals surface area contributed by atoms with E-state index in [1.165, 1.54) is 0 Å². The molecule has 2 nitrogen and oxygen atoms in total. The fraction of sp³-hybridized carbons (Fsp3) is 0.167. The van der Waals surface area contributed by atoms with Gasteiger partial charge in [0, 0.05) is 12.0 Å². The van der Waals surface area contributed by atoms with E-state index < -0.39 is 5.60 Å². The number of phenols is 1. The molecule has 1 aromatic rings. The van der Waals surface area contributed by atoms with E-state index in [-0.39, 0.29) is 5.75 Å². The first-order chi connectivity index (χ1) is 6.72. The zero-order valence-corrected chi connectivity index (χ0v) is 7.72. The summed E-state index contributed by atoms with van der Waals surface area (Å²) in [6, 6.07) is 6.86. The number of hydrogen-bond acceptors (Lipinski definition) is 2. The molecule has 2 rings (SSSR count). The van der Waals surface area contributed by atoms with E-state index in [1.54, 1.807) is 36.4 Å². The number of aromatic hydroxyl groups is 1. The molecule has 0 aliphatic heterocycles. The van der Waals surface area contributed by atoms with Crippen LogP contribution in [-0.2, 0) is 5.60 Å². The van der Waals surface area contributed by atoms with Gasteiger partial charge in [0.25, 0.3) is 0 Å². The van der Waals surface area contributed by atoms with Crippen molar-refractivity contribution in [1.82, 2.24) is 0 Å². The fourth-order valence-electron chi connectivity index (χ4n) is 1.65. The minimum Gasteiger partial charge on any atom is -0.508 e. The Labute approximate surface area is 82.8 Å². The van der Waals surface area contributed by atoms with Gasteiger partial charge >= 0.3 is 0 Å². The molecule has 0 amide bonds. The van der Waals surface area contributed by atoms with E-state index in [9.17, 15) is 10.2 Å². The van der Waals surface area contributed by atoms with Crippen LogP contribution < -0.4 is 0 Å². The lowest BCUT2D eigenvalue weighted by Crippen LogP contribution is -2.23. The predicted octanol–water partition coefficient (Wildman–Crippen LogP) is 2.10. The van der Waals surface area contributed by atoms with E-state index in [1.807, 2.05) is 12.2 Å². The molecule has 1 aromatic carbocycles. The predicted molar refractivity (Wildman–Crippen MR) is 54.9 cm³/mol. The third-order valence-corrected chi connectivity index (χ3v) is 2.42. The van der Waals surface area contributed by atoms with Crippen LogP contribution in [0.4, 0.5) is 0 Å². The Morgan fingerprint density at radius 1 is 1.14 bits per heavy atom. The molecule has 1 atom stereocenters. The second-order valence-electron chi connectivity index (χ2n) is 3.43. The number of aliphatic hydroxyl groups is 1. The Balaban J connectivity index is 2.44. The standard InChI is InChI=1S/C12H12O2/c13-11-7-3-2-6-10(11)12(14)8-4-1-5-9-12/h1-8,13-14H,9H2/t12-/m0/s1. The molecule has 0 fully saturated rings. The first-order valence-electron chi connectivity index (χ1n) is 4.58. The average molecular weight is 188 g/mol. The summed E-state index contributed by atoms with van der Waals surface area (Å²) in [5.74, 6) is 0.134. The van der Waals surface area contributed by atoms with Crippen LogP contribution in [0.3, 0.4) is 0 Å². The van der Waals surface area contributed by atoms with Gasteiger partial charge in [0.2, 0.25) is 0 Å². The number of hydrogen-bond donors (Lipinski definition) is 2. The van der Waals surface area contributed by atoms with Crippen LogP contribution in [0.2, 0.25) is 0 Å². The van der Waals surface area contributed by atoms with Crippen LogP contribution in [0.1, 0.15) is 12.0 Å². The summed E-state index contributed by atoms with van der Waals surface area (Å²) in [5.41, 5.74) is -0.499. The van der Waals surface area contributed by atoms with E-state index in [2.05, 4.69) is 0 Å². The minimum absolute atomic E-state index is 0.134. The second kappa shape index (κ2) is 3.31. The molecule has 2 heteroatoms. The van der Waals surface area contributed by atoms with Crippen molar-refractivity contribution in [2.75, 3.05) is 0 Å². The molecule has 0 aromatic heterocycles. The van der Waals surface area contributed by atoms with Crippen molar-refractivity contribution in [2.24, 2.45) is 0 Å². The second-order valence-corrected chi connectivity index (χ2v) is 3.43. The topological polar surface area (TPSA) is 40.5 Å². The van der Waals surface area contributed by atoms with Gasteiger partial charge < -0.3 is 10.2 Å². The summed E-state index contributed by atoms with van der Waals surface area (Å²) in [5, 5.41) is 19.8. The van der Waals surface area contributed by atoms with Gasteiger partial charge in [-0.15, -0.1) is 0 Å². The van der Waals surface area contributed by atoms with Gasteiger partial charge in [0.1, 0.15) is 11.4 Å². The normalized spacial score (nSPS) is 25.2. The van der Waals surface area contributed by atoms with Crippen molar-refractivity contribution in [3.8, 4) is 5.75 Å². The highest BCUT2D eigenvalue weighted by atomic mass is 16.3. The highest BCUT2D eigenvalue weighted by Gasteiger charge is 2.28. The molecular formula is C12H12O2. The molecule has 0 spiro atoms. The van der Waals surface area contributed by atoms with Crippen LogP contribution in [0, 0.1) is 0 Å². The van der Waals surface area contributed by atoms with E-state index >= 15 is 0 Å². The van der Waals surface area contributed by atoms with Crippen LogP contribution in [0.25, 0.3) is 0 Å². The van der Waals surface area contributed by atoms with Crippen LogP contribution in [-0.4, -0.2) is 10.2 Å². The Morgan fingerprint density at radius 2 is 1.93 bits per heavy atom. The van der Waals surface area contributed by atoms with Gasteiger partial charge in [-0.25, -0.2) is 0 Å². The molecule has 0 radical (unpaired) electrons. The minimum atomic E-state index is -1.06. The Hall–Kier alpha value is -1.54. The summed E-state index contributed by atoms with van der Waals surface area (Å²) in [6.45, 7) is 0. The van der Waals surface area contributed by atoms with Gasteiger partial charge in [0.15, 0.2) is 0 Å². The number of allylic oxidation sites excluding steroid dienone is 2. The largest absolute Gasteiger partial charge is 0.508 e. The molecule has 1 aliphatic carbocycles. The van der Waals surface area contributed by atoms with Gasteiger partial charge in [0.05, 0.1) is 0 Å². The maximum Gasteiger partial charge on any atom is 0.122 e. The molecule has 0 saturated heterocycles. The van der Waals surface area contributed by atoms with Crippen LogP contribution in [0.15, 0.2) is 48.6 Å². The lowest BCUT2D eigenvalue weighted by Gasteiger charge is -2.26. The number of rotatable bonds is 1. The summed E-state index contributed by atoms with van der Waals surface area (Å²) >= 11 is 0. The summed E-state index contributed by atoms with van der Waals surface area (Å²) in [6.07, 6.45) is 7.75. The molecule has 14 heavy (non-hydrogen) atoms. The Kier molecular flexibility index (Phi) is 2.14. The highest BCUT2D eigenvalue weighted by molar-refractivity contribution is 5.41. The molecule has 0 unspecified atom stereocenters. The first kappa shape index (κ1) is 9.03. The SMILES string of the molecule is Oc1ccccc1[C@]1(O)C=CC=CC1. The van der Waals surface area contributed by atoms with Crippen molar-refractivity contribution in [3.63, 3.8) is 0 Å². The lowest BCUT2D eigenvalue weighted by molar-refractivity contribution is 0.0887. The summed E-state index contributed by atoms with van der Waals surface area (Å²) < 4.78 is 0. The first-order valence-corrected chi connectivity index (χ1v) is 4.58. The summed E-state index contributed by atoms with van der Waals surface area (Å²) in [7, 11) is 0. The fourth-order valence-corrected chi connectivity index (χ4v) is 1.65. The van der Waals surface area contributed by atoms with Gasteiger partial charge in [-0.1, -0.05) is 36.4 Å². The molecule has 0 heterocycles. The third kappa shape index (κ3) is 1.44. The molecule has 0 saturated carbocycles. The van der Waals surface area contributed by atoms with Crippen LogP contribution in [0.5, 0.6) is 5.75 Å². The molecule has 2 N–H and O–H groups in total. The Bertz CT molecular complexity index is 393. The number of phenolic OH excluding ortho intramolecular Hbond substituents is 1. The maximum absolute atomic E-state index is 10.2. The van der Waals surface area contributed by atoms with Crippen molar-refractivity contribution in [3.05, 3.63) is 54.1 Å². The maximum atomic E-state index is 10.2. The zero-order valence-electron chi connectivity index (χ0n) is 7.72. The van der Waals surface area contributed by atoms with Crippen molar-refractivity contribution < 1.29 is 10.2 Å². The summed E-state index contributed by atoms with van der Waals surface area (Å²) in [4.78, 5) is 0. The monoisotopic (exact) mass is 188 g/mol. The van der Waals surface area contributed by atoms with Gasteiger partial charge in [-0.05, 0) is 12.1 Å². The van der Waals surface area contributed by atoms with Gasteiger partial charge in [-0.3, -0.25) is 0 Å². The Morgan fingerprint density at radius 3 is 2.57 bits per heavy atom. The zero-order chi connectivity index (χ0) is 10.0. The lowest BCUT2D eigenvalue weighted by atomic mass is 9.87. The number of para-hydroxylation sites is 1. The van der Waals surface area contributed by atoms with Crippen LogP contribution >= 0.6 is 0 Å². The van der Waals surface area contributed by atoms with E-state index in [4.69, 9.17) is 0 Å². The van der Waals surface area contributed by atoms with E-state index in [0.717, 1.165) is 0 Å². The van der Waals surface area contributed by atoms with E-state index in [0.29, 0.717) is 12.0 Å². The smallest absolute Gasteiger partial charge is 0.122 e. The quantitative estimate of drug-likeness (QED) is 0.708. The highest BCUT2D eigenvalue weighted by Crippen LogP contribution is 2.34. The molecule has 1 aliphatic rings. The molecular weight excluding hydrogens is 176 g/mol. The van der Waals surface area contributed by atoms with Crippen molar-refractivity contribution >= 4 is 0 Å². The number of benzene rings is 1.